The van der Waals surface area contributed by atoms with Crippen LogP contribution in [0.5, 0.6) is 0 Å². The Kier molecular flexibility index (Phi) is 4.64. The van der Waals surface area contributed by atoms with E-state index in [1.807, 2.05) is 0 Å². The molecule has 2 heterocycles. The van der Waals surface area contributed by atoms with Crippen LogP contribution in [0.2, 0.25) is 0 Å². The number of aryl methyl sites for hydroxylation is 1. The number of rotatable bonds is 4. The van der Waals surface area contributed by atoms with E-state index in [2.05, 4.69) is 18.7 Å². The SMILES string of the molecule is CC1CCC(C)N(CCCn2cc(N)ccc2=O)C1. The molecule has 2 N–H and O–H groups in total. The molecule has 1 aliphatic heterocycles. The standard InChI is InChI=1S/C15H25N3O/c1-12-4-5-13(2)17(10-12)8-3-9-18-11-14(16)6-7-15(18)19/h6-7,11-13H,3-5,8-10,16H2,1-2H3. The number of anilines is 1. The third kappa shape index (κ3) is 3.83. The largest absolute Gasteiger partial charge is 0.398 e. The summed E-state index contributed by atoms with van der Waals surface area (Å²) in [7, 11) is 0. The molecular weight excluding hydrogens is 238 g/mol. The Labute approximate surface area is 115 Å². The minimum atomic E-state index is 0.0364. The third-order valence-electron chi connectivity index (χ3n) is 4.10. The fraction of sp³-hybridized carbons (Fsp3) is 0.667. The highest BCUT2D eigenvalue weighted by Crippen LogP contribution is 2.21. The van der Waals surface area contributed by atoms with E-state index in [4.69, 9.17) is 5.73 Å². The Balaban J connectivity index is 1.86. The lowest BCUT2D eigenvalue weighted by Crippen LogP contribution is -2.41. The number of hydrogen-bond acceptors (Lipinski definition) is 3. The second kappa shape index (κ2) is 6.24. The first kappa shape index (κ1) is 14.1. The van der Waals surface area contributed by atoms with Gasteiger partial charge in [-0.1, -0.05) is 6.92 Å². The summed E-state index contributed by atoms with van der Waals surface area (Å²) in [5.74, 6) is 0.797. The molecule has 0 bridgehead atoms. The molecule has 0 aliphatic carbocycles. The van der Waals surface area contributed by atoms with Crippen LogP contribution >= 0.6 is 0 Å². The molecule has 19 heavy (non-hydrogen) atoms. The summed E-state index contributed by atoms with van der Waals surface area (Å²) in [5, 5.41) is 0. The average molecular weight is 263 g/mol. The van der Waals surface area contributed by atoms with Crippen molar-refractivity contribution in [2.75, 3.05) is 18.8 Å². The van der Waals surface area contributed by atoms with Crippen LogP contribution in [0.4, 0.5) is 5.69 Å². The molecule has 1 aromatic rings. The van der Waals surface area contributed by atoms with Gasteiger partial charge < -0.3 is 15.2 Å². The van der Waals surface area contributed by atoms with Crippen LogP contribution < -0.4 is 11.3 Å². The topological polar surface area (TPSA) is 51.3 Å². The second-order valence-corrected chi connectivity index (χ2v) is 5.87. The summed E-state index contributed by atoms with van der Waals surface area (Å²) < 4.78 is 1.72. The molecule has 4 heteroatoms. The van der Waals surface area contributed by atoms with Gasteiger partial charge in [-0.25, -0.2) is 0 Å². The smallest absolute Gasteiger partial charge is 0.250 e. The quantitative estimate of drug-likeness (QED) is 0.903. The van der Waals surface area contributed by atoms with Gasteiger partial charge in [-0.05, 0) is 38.2 Å². The van der Waals surface area contributed by atoms with Gasteiger partial charge in [-0.3, -0.25) is 4.79 Å². The van der Waals surface area contributed by atoms with E-state index in [0.29, 0.717) is 11.7 Å². The molecule has 1 saturated heterocycles. The van der Waals surface area contributed by atoms with Gasteiger partial charge in [0.25, 0.3) is 5.56 Å². The van der Waals surface area contributed by atoms with Crippen molar-refractivity contribution in [3.05, 3.63) is 28.7 Å². The highest BCUT2D eigenvalue weighted by molar-refractivity contribution is 5.33. The minimum Gasteiger partial charge on any atom is -0.398 e. The molecule has 2 atom stereocenters. The summed E-state index contributed by atoms with van der Waals surface area (Å²) in [6.07, 6.45) is 5.37. The van der Waals surface area contributed by atoms with Gasteiger partial charge in [0.1, 0.15) is 0 Å². The molecule has 0 saturated carbocycles. The van der Waals surface area contributed by atoms with Gasteiger partial charge in [0.2, 0.25) is 0 Å². The van der Waals surface area contributed by atoms with Crippen LogP contribution in [-0.4, -0.2) is 28.6 Å². The Morgan fingerprint density at radius 2 is 2.05 bits per heavy atom. The predicted molar refractivity (Wildman–Crippen MR) is 79.2 cm³/mol. The van der Waals surface area contributed by atoms with E-state index >= 15 is 0 Å². The predicted octanol–water partition coefficient (Wildman–Crippen LogP) is 1.94. The van der Waals surface area contributed by atoms with E-state index < -0.39 is 0 Å². The average Bonchev–Trinajstić information content (AvgIpc) is 2.38. The van der Waals surface area contributed by atoms with Crippen LogP contribution in [0.3, 0.4) is 0 Å². The molecule has 1 aliphatic rings. The number of nitrogen functional groups attached to an aromatic ring is 1. The zero-order valence-corrected chi connectivity index (χ0v) is 12.0. The molecule has 2 unspecified atom stereocenters. The van der Waals surface area contributed by atoms with Gasteiger partial charge in [-0.15, -0.1) is 0 Å². The van der Waals surface area contributed by atoms with Crippen molar-refractivity contribution >= 4 is 5.69 Å². The van der Waals surface area contributed by atoms with Crippen molar-refractivity contribution in [2.24, 2.45) is 5.92 Å². The monoisotopic (exact) mass is 263 g/mol. The first-order valence-corrected chi connectivity index (χ1v) is 7.26. The maximum absolute atomic E-state index is 11.7. The van der Waals surface area contributed by atoms with Crippen molar-refractivity contribution in [1.82, 2.24) is 9.47 Å². The summed E-state index contributed by atoms with van der Waals surface area (Å²) in [4.78, 5) is 14.2. The van der Waals surface area contributed by atoms with Crippen LogP contribution in [0.25, 0.3) is 0 Å². The number of nitrogens with two attached hydrogens (primary N) is 1. The van der Waals surface area contributed by atoms with Crippen LogP contribution in [0, 0.1) is 5.92 Å². The number of pyridine rings is 1. The van der Waals surface area contributed by atoms with E-state index in [9.17, 15) is 4.79 Å². The molecule has 1 aromatic heterocycles. The molecule has 106 valence electrons. The lowest BCUT2D eigenvalue weighted by Gasteiger charge is -2.36. The Hall–Kier alpha value is -1.29. The number of nitrogens with zero attached hydrogens (tertiary/aromatic N) is 2. The zero-order valence-electron chi connectivity index (χ0n) is 12.0. The summed E-state index contributed by atoms with van der Waals surface area (Å²) >= 11 is 0. The Morgan fingerprint density at radius 3 is 2.84 bits per heavy atom. The van der Waals surface area contributed by atoms with Gasteiger partial charge in [0, 0.05) is 43.6 Å². The molecule has 2 rings (SSSR count). The highest BCUT2D eigenvalue weighted by Gasteiger charge is 2.21. The fourth-order valence-electron chi connectivity index (χ4n) is 2.86. The van der Waals surface area contributed by atoms with Crippen LogP contribution in [-0.2, 0) is 6.54 Å². The molecule has 0 amide bonds. The first-order chi connectivity index (χ1) is 9.06. The lowest BCUT2D eigenvalue weighted by molar-refractivity contribution is 0.122. The molecule has 0 aromatic carbocycles. The minimum absolute atomic E-state index is 0.0364. The van der Waals surface area contributed by atoms with Gasteiger partial charge >= 0.3 is 0 Å². The van der Waals surface area contributed by atoms with Crippen molar-refractivity contribution < 1.29 is 0 Å². The van der Waals surface area contributed by atoms with Crippen molar-refractivity contribution in [3.8, 4) is 0 Å². The van der Waals surface area contributed by atoms with Gasteiger partial charge in [-0.2, -0.15) is 0 Å². The highest BCUT2D eigenvalue weighted by atomic mass is 16.1. The molecule has 0 spiro atoms. The summed E-state index contributed by atoms with van der Waals surface area (Å²) in [5.41, 5.74) is 6.40. The zero-order chi connectivity index (χ0) is 13.8. The molecule has 4 nitrogen and oxygen atoms in total. The third-order valence-corrected chi connectivity index (χ3v) is 4.10. The number of aromatic nitrogens is 1. The van der Waals surface area contributed by atoms with E-state index in [1.54, 1.807) is 22.9 Å². The van der Waals surface area contributed by atoms with Gasteiger partial charge in [0.05, 0.1) is 0 Å². The second-order valence-electron chi connectivity index (χ2n) is 5.87. The Morgan fingerprint density at radius 1 is 1.26 bits per heavy atom. The lowest BCUT2D eigenvalue weighted by atomic mass is 9.95. The van der Waals surface area contributed by atoms with Gasteiger partial charge in [0.15, 0.2) is 0 Å². The van der Waals surface area contributed by atoms with Crippen molar-refractivity contribution in [1.29, 1.82) is 0 Å². The summed E-state index contributed by atoms with van der Waals surface area (Å²) in [6.45, 7) is 7.63. The first-order valence-electron chi connectivity index (χ1n) is 7.26. The van der Waals surface area contributed by atoms with E-state index in [0.717, 1.165) is 25.4 Å². The summed E-state index contributed by atoms with van der Waals surface area (Å²) in [6, 6.07) is 3.88. The van der Waals surface area contributed by atoms with Crippen molar-refractivity contribution in [3.63, 3.8) is 0 Å². The van der Waals surface area contributed by atoms with E-state index in [1.165, 1.54) is 19.4 Å². The number of hydrogen-bond donors (Lipinski definition) is 1. The maximum Gasteiger partial charge on any atom is 0.250 e. The van der Waals surface area contributed by atoms with Crippen LogP contribution in [0.1, 0.15) is 33.1 Å². The number of likely N-dealkylation sites (tertiary alicyclic amines) is 1. The maximum atomic E-state index is 11.7. The Bertz CT molecular complexity index is 469. The molecular formula is C15H25N3O. The van der Waals surface area contributed by atoms with Crippen LogP contribution in [0.15, 0.2) is 23.1 Å². The molecule has 0 radical (unpaired) electrons. The van der Waals surface area contributed by atoms with Crippen molar-refractivity contribution in [2.45, 2.75) is 45.7 Å². The normalized spacial score (nSPS) is 24.5. The fourth-order valence-corrected chi connectivity index (χ4v) is 2.86. The molecule has 1 fully saturated rings. The van der Waals surface area contributed by atoms with E-state index in [-0.39, 0.29) is 5.56 Å². The number of piperidine rings is 1.